The molecule has 128 valence electrons. The Morgan fingerprint density at radius 2 is 2.35 bits per heavy atom. The summed E-state index contributed by atoms with van der Waals surface area (Å²) in [6, 6.07) is 0. The molecule has 0 unspecified atom stereocenters. The van der Waals surface area contributed by atoms with Crippen molar-refractivity contribution < 1.29 is 14.0 Å². The molecule has 0 aromatic carbocycles. The number of aromatic nitrogens is 1. The molecule has 0 radical (unpaired) electrons. The van der Waals surface area contributed by atoms with E-state index in [2.05, 4.69) is 16.6 Å². The Kier molecular flexibility index (Phi) is 5.19. The first-order valence-corrected chi connectivity index (χ1v) is 8.59. The Labute approximate surface area is 138 Å². The van der Waals surface area contributed by atoms with E-state index in [0.717, 1.165) is 57.1 Å². The van der Waals surface area contributed by atoms with Gasteiger partial charge in [-0.15, -0.1) is 6.58 Å². The van der Waals surface area contributed by atoms with Crippen LogP contribution in [-0.2, 0) is 16.0 Å². The number of rotatable bonds is 6. The summed E-state index contributed by atoms with van der Waals surface area (Å²) in [4.78, 5) is 2.51. The summed E-state index contributed by atoms with van der Waals surface area (Å²) in [5.41, 5.74) is 2.34. The van der Waals surface area contributed by atoms with Crippen molar-refractivity contribution in [2.24, 2.45) is 5.41 Å². The number of piperidine rings is 1. The van der Waals surface area contributed by atoms with Crippen LogP contribution in [0.15, 0.2) is 17.2 Å². The normalized spacial score (nSPS) is 28.5. The van der Waals surface area contributed by atoms with E-state index in [4.69, 9.17) is 14.0 Å². The van der Waals surface area contributed by atoms with Gasteiger partial charge in [-0.1, -0.05) is 11.2 Å². The molecule has 2 fully saturated rings. The summed E-state index contributed by atoms with van der Waals surface area (Å²) < 4.78 is 17.3. The summed E-state index contributed by atoms with van der Waals surface area (Å²) in [5, 5.41) is 4.08. The van der Waals surface area contributed by atoms with E-state index in [1.807, 2.05) is 19.9 Å². The molecule has 2 aliphatic rings. The Hall–Kier alpha value is -1.17. The minimum atomic E-state index is 0.110. The van der Waals surface area contributed by atoms with E-state index in [1.165, 1.54) is 12.0 Å². The van der Waals surface area contributed by atoms with Gasteiger partial charge in [0, 0.05) is 37.2 Å². The van der Waals surface area contributed by atoms with Crippen LogP contribution in [0.2, 0.25) is 0 Å². The van der Waals surface area contributed by atoms with Crippen molar-refractivity contribution in [1.29, 1.82) is 0 Å². The first kappa shape index (κ1) is 16.7. The van der Waals surface area contributed by atoms with Crippen LogP contribution >= 0.6 is 0 Å². The number of hydrogen-bond acceptors (Lipinski definition) is 5. The van der Waals surface area contributed by atoms with Crippen LogP contribution in [0.1, 0.15) is 36.3 Å². The zero-order valence-electron chi connectivity index (χ0n) is 14.3. The second-order valence-corrected chi connectivity index (χ2v) is 6.93. The first-order valence-electron chi connectivity index (χ1n) is 8.59. The van der Waals surface area contributed by atoms with Gasteiger partial charge in [-0.05, 0) is 33.1 Å². The van der Waals surface area contributed by atoms with Crippen molar-refractivity contribution in [2.45, 2.75) is 45.8 Å². The van der Waals surface area contributed by atoms with Gasteiger partial charge in [0.15, 0.2) is 0 Å². The first-order chi connectivity index (χ1) is 11.1. The molecule has 23 heavy (non-hydrogen) atoms. The summed E-state index contributed by atoms with van der Waals surface area (Å²) in [6.07, 6.45) is 5.50. The van der Waals surface area contributed by atoms with E-state index >= 15 is 0 Å². The van der Waals surface area contributed by atoms with Crippen LogP contribution in [0.25, 0.3) is 0 Å². The summed E-state index contributed by atoms with van der Waals surface area (Å²) in [6.45, 7) is 13.0. The highest BCUT2D eigenvalue weighted by Gasteiger charge is 2.46. The van der Waals surface area contributed by atoms with Gasteiger partial charge in [-0.3, -0.25) is 4.90 Å². The molecule has 0 aliphatic carbocycles. The topological polar surface area (TPSA) is 47.7 Å². The van der Waals surface area contributed by atoms with E-state index < -0.39 is 0 Å². The number of fused-ring (bicyclic) bond motifs is 1. The van der Waals surface area contributed by atoms with Gasteiger partial charge in [-0.2, -0.15) is 0 Å². The molecule has 0 amide bonds. The predicted octanol–water partition coefficient (Wildman–Crippen LogP) is 2.87. The third-order valence-electron chi connectivity index (χ3n) is 5.26. The molecular formula is C18H28N2O3. The van der Waals surface area contributed by atoms with Crippen LogP contribution in [0.3, 0.4) is 0 Å². The van der Waals surface area contributed by atoms with Gasteiger partial charge >= 0.3 is 0 Å². The molecule has 2 aliphatic heterocycles. The monoisotopic (exact) mass is 320 g/mol. The Morgan fingerprint density at radius 1 is 1.48 bits per heavy atom. The summed E-state index contributed by atoms with van der Waals surface area (Å²) >= 11 is 0. The number of hydrogen-bond donors (Lipinski definition) is 0. The minimum Gasteiger partial charge on any atom is -0.377 e. The molecule has 3 rings (SSSR count). The highest BCUT2D eigenvalue weighted by molar-refractivity contribution is 5.20. The maximum atomic E-state index is 6.08. The van der Waals surface area contributed by atoms with Gasteiger partial charge in [0.1, 0.15) is 5.76 Å². The summed E-state index contributed by atoms with van der Waals surface area (Å²) in [7, 11) is 0. The molecule has 1 aromatic heterocycles. The highest BCUT2D eigenvalue weighted by Crippen LogP contribution is 2.41. The van der Waals surface area contributed by atoms with Gasteiger partial charge in [0.25, 0.3) is 0 Å². The Morgan fingerprint density at radius 3 is 3.09 bits per heavy atom. The molecule has 2 saturated heterocycles. The standard InChI is InChI=1S/C18H28N2O3/c1-4-9-21-13-18-7-5-10-22-17(18)6-8-20(12-18)11-16-14(2)19-23-15(16)3/h4,17H,1,5-13H2,2-3H3/t17-,18+/m1/s1. The van der Waals surface area contributed by atoms with E-state index in [-0.39, 0.29) is 5.41 Å². The lowest BCUT2D eigenvalue weighted by molar-refractivity contribution is -0.152. The lowest BCUT2D eigenvalue weighted by Gasteiger charge is -2.50. The van der Waals surface area contributed by atoms with Crippen molar-refractivity contribution in [3.8, 4) is 0 Å². The van der Waals surface area contributed by atoms with Gasteiger partial charge in [-0.25, -0.2) is 0 Å². The average Bonchev–Trinajstić information content (AvgIpc) is 2.87. The van der Waals surface area contributed by atoms with Gasteiger partial charge in [0.05, 0.1) is 25.0 Å². The Balaban J connectivity index is 1.71. The molecule has 0 spiro atoms. The fraction of sp³-hybridized carbons (Fsp3) is 0.722. The van der Waals surface area contributed by atoms with E-state index in [1.54, 1.807) is 0 Å². The number of aryl methyl sites for hydroxylation is 2. The maximum Gasteiger partial charge on any atom is 0.138 e. The van der Waals surface area contributed by atoms with Gasteiger partial charge < -0.3 is 14.0 Å². The molecule has 1 aromatic rings. The number of likely N-dealkylation sites (tertiary alicyclic amines) is 1. The van der Waals surface area contributed by atoms with Crippen molar-refractivity contribution in [1.82, 2.24) is 10.1 Å². The molecule has 0 bridgehead atoms. The zero-order chi connectivity index (χ0) is 16.3. The fourth-order valence-corrected chi connectivity index (χ4v) is 4.02. The lowest BCUT2D eigenvalue weighted by atomic mass is 9.73. The molecule has 2 atom stereocenters. The SMILES string of the molecule is C=CCOC[C@@]12CCCO[C@@H]1CCN(Cc1c(C)noc1C)C2. The number of ether oxygens (including phenoxy) is 2. The van der Waals surface area contributed by atoms with Crippen molar-refractivity contribution in [2.75, 3.05) is 32.9 Å². The largest absolute Gasteiger partial charge is 0.377 e. The molecule has 0 N–H and O–H groups in total. The molecule has 5 heteroatoms. The second-order valence-electron chi connectivity index (χ2n) is 6.93. The highest BCUT2D eigenvalue weighted by atomic mass is 16.5. The summed E-state index contributed by atoms with van der Waals surface area (Å²) in [5.74, 6) is 0.932. The molecule has 5 nitrogen and oxygen atoms in total. The van der Waals surface area contributed by atoms with Crippen molar-refractivity contribution >= 4 is 0 Å². The smallest absolute Gasteiger partial charge is 0.138 e. The Bertz CT molecular complexity index is 523. The fourth-order valence-electron chi connectivity index (χ4n) is 4.02. The molecule has 3 heterocycles. The van der Waals surface area contributed by atoms with E-state index in [0.29, 0.717) is 12.7 Å². The van der Waals surface area contributed by atoms with Crippen LogP contribution in [0.4, 0.5) is 0 Å². The van der Waals surface area contributed by atoms with Crippen molar-refractivity contribution in [3.05, 3.63) is 29.7 Å². The quantitative estimate of drug-likeness (QED) is 0.596. The lowest BCUT2D eigenvalue weighted by Crippen LogP contribution is -2.56. The van der Waals surface area contributed by atoms with Crippen molar-refractivity contribution in [3.63, 3.8) is 0 Å². The van der Waals surface area contributed by atoms with Gasteiger partial charge in [0.2, 0.25) is 0 Å². The zero-order valence-corrected chi connectivity index (χ0v) is 14.3. The molecular weight excluding hydrogens is 292 g/mol. The van der Waals surface area contributed by atoms with Crippen LogP contribution in [0, 0.1) is 19.3 Å². The minimum absolute atomic E-state index is 0.110. The predicted molar refractivity (Wildman–Crippen MR) is 88.3 cm³/mol. The third-order valence-corrected chi connectivity index (χ3v) is 5.26. The van der Waals surface area contributed by atoms with E-state index in [9.17, 15) is 0 Å². The second kappa shape index (κ2) is 7.16. The van der Waals surface area contributed by atoms with Crippen LogP contribution < -0.4 is 0 Å². The van der Waals surface area contributed by atoms with Crippen LogP contribution in [0.5, 0.6) is 0 Å². The maximum absolute atomic E-state index is 6.08. The molecule has 0 saturated carbocycles. The number of nitrogens with zero attached hydrogens (tertiary/aromatic N) is 2. The van der Waals surface area contributed by atoms with Crippen LogP contribution in [-0.4, -0.2) is 49.1 Å². The third kappa shape index (κ3) is 3.52. The average molecular weight is 320 g/mol.